The fraction of sp³-hybridized carbons (Fsp3) is 0.667. The molecule has 0 saturated heterocycles. The molecule has 0 bridgehead atoms. The van der Waals surface area contributed by atoms with Crippen LogP contribution in [0.15, 0.2) is 9.66 Å². The van der Waals surface area contributed by atoms with Crippen LogP contribution < -0.4 is 0 Å². The summed E-state index contributed by atoms with van der Waals surface area (Å²) in [6, 6.07) is 0. The molecule has 0 spiro atoms. The summed E-state index contributed by atoms with van der Waals surface area (Å²) in [6.07, 6.45) is 2.52. The highest BCUT2D eigenvalue weighted by Crippen LogP contribution is 2.04. The van der Waals surface area contributed by atoms with E-state index in [9.17, 15) is 0 Å². The second-order valence-corrected chi connectivity index (χ2v) is 2.33. The maximum Gasteiger partial charge on any atom is -0.0245 e. The molecule has 0 radical (unpaired) electrons. The molecule has 0 aromatic rings. The molecule has 7 heavy (non-hydrogen) atoms. The Bertz CT molecular complexity index is 64.6. The van der Waals surface area contributed by atoms with Gasteiger partial charge in [-0.05, 0) is 17.4 Å². The Morgan fingerprint density at radius 2 is 2.29 bits per heavy atom. The van der Waals surface area contributed by atoms with Gasteiger partial charge in [-0.2, -0.15) is 0 Å². The zero-order chi connectivity index (χ0) is 5.70. The third-order valence-electron chi connectivity index (χ3n) is 0.831. The smallest absolute Gasteiger partial charge is 0.0245 e. The van der Waals surface area contributed by atoms with Crippen LogP contribution in [0.2, 0.25) is 0 Å². The van der Waals surface area contributed by atoms with Crippen molar-refractivity contribution in [2.75, 3.05) is 0 Å². The maximum atomic E-state index is 2.27. The predicted octanol–water partition coefficient (Wildman–Crippen LogP) is 3.13. The highest BCUT2D eigenvalue weighted by molar-refractivity contribution is 14.1. The van der Waals surface area contributed by atoms with Crippen LogP contribution in [0.1, 0.15) is 26.7 Å². The summed E-state index contributed by atoms with van der Waals surface area (Å²) in [5.74, 6) is 0. The van der Waals surface area contributed by atoms with Crippen LogP contribution >= 0.6 is 22.6 Å². The molecule has 0 unspecified atom stereocenters. The van der Waals surface area contributed by atoms with Crippen molar-refractivity contribution in [2.24, 2.45) is 0 Å². The van der Waals surface area contributed by atoms with Crippen molar-refractivity contribution in [3.8, 4) is 0 Å². The quantitative estimate of drug-likeness (QED) is 0.614. The van der Waals surface area contributed by atoms with Crippen LogP contribution in [-0.2, 0) is 0 Å². The lowest BCUT2D eigenvalue weighted by Crippen LogP contribution is -1.69. The van der Waals surface area contributed by atoms with E-state index < -0.39 is 0 Å². The highest BCUT2D eigenvalue weighted by atomic mass is 127. The number of allylic oxidation sites excluding steroid dienone is 1. The van der Waals surface area contributed by atoms with Gasteiger partial charge in [0.2, 0.25) is 0 Å². The number of rotatable bonds is 2. The van der Waals surface area contributed by atoms with E-state index in [4.69, 9.17) is 0 Å². The minimum Gasteiger partial charge on any atom is -0.0673 e. The van der Waals surface area contributed by atoms with E-state index in [-0.39, 0.29) is 0 Å². The molecule has 0 nitrogen and oxygen atoms in total. The third-order valence-corrected chi connectivity index (χ3v) is 1.89. The van der Waals surface area contributed by atoms with Gasteiger partial charge in [-0.3, -0.25) is 0 Å². The zero-order valence-corrected chi connectivity index (χ0v) is 7.03. The summed E-state index contributed by atoms with van der Waals surface area (Å²) in [5, 5.41) is 0. The lowest BCUT2D eigenvalue weighted by atomic mass is 10.2. The molecule has 0 aromatic heterocycles. The Hall–Kier alpha value is 0.470. The molecular weight excluding hydrogens is 199 g/mol. The minimum atomic E-state index is 1.25. The van der Waals surface area contributed by atoms with Crippen molar-refractivity contribution < 1.29 is 0 Å². The zero-order valence-electron chi connectivity index (χ0n) is 4.87. The fourth-order valence-corrected chi connectivity index (χ4v) is 0.760. The van der Waals surface area contributed by atoms with Crippen molar-refractivity contribution in [1.29, 1.82) is 0 Å². The number of halogens is 1. The van der Waals surface area contributed by atoms with Gasteiger partial charge < -0.3 is 0 Å². The Morgan fingerprint density at radius 1 is 1.71 bits per heavy atom. The van der Waals surface area contributed by atoms with Gasteiger partial charge in [0, 0.05) is 0 Å². The van der Waals surface area contributed by atoms with E-state index in [1.54, 1.807) is 0 Å². The first-order valence-corrected chi connectivity index (χ1v) is 3.81. The van der Waals surface area contributed by atoms with Crippen molar-refractivity contribution in [3.63, 3.8) is 0 Å². The monoisotopic (exact) mass is 210 g/mol. The van der Waals surface area contributed by atoms with Crippen molar-refractivity contribution in [1.82, 2.24) is 0 Å². The van der Waals surface area contributed by atoms with Crippen LogP contribution in [0.25, 0.3) is 0 Å². The van der Waals surface area contributed by atoms with Crippen molar-refractivity contribution in [2.45, 2.75) is 26.7 Å². The average Bonchev–Trinajstić information content (AvgIpc) is 1.68. The molecule has 0 heterocycles. The lowest BCUT2D eigenvalue weighted by Gasteiger charge is -1.90. The largest absolute Gasteiger partial charge is 0.0673 e. The molecule has 0 aliphatic carbocycles. The summed E-state index contributed by atoms with van der Waals surface area (Å²) in [4.78, 5) is 0. The second kappa shape index (κ2) is 4.62. The molecular formula is C6H11I. The topological polar surface area (TPSA) is 0 Å². The van der Waals surface area contributed by atoms with Gasteiger partial charge in [0.25, 0.3) is 0 Å². The van der Waals surface area contributed by atoms with Crippen molar-refractivity contribution >= 4 is 22.6 Å². The second-order valence-electron chi connectivity index (χ2n) is 1.71. The summed E-state index contributed by atoms with van der Waals surface area (Å²) in [7, 11) is 0. The predicted molar refractivity (Wildman–Crippen MR) is 42.7 cm³/mol. The molecule has 0 aliphatic heterocycles. The fourth-order valence-electron chi connectivity index (χ4n) is 0.449. The molecule has 42 valence electrons. The van der Waals surface area contributed by atoms with Crippen molar-refractivity contribution in [3.05, 3.63) is 9.66 Å². The third kappa shape index (κ3) is 4.32. The molecule has 1 heteroatoms. The van der Waals surface area contributed by atoms with E-state index in [1.165, 1.54) is 18.4 Å². The van der Waals surface area contributed by atoms with Crippen LogP contribution in [-0.4, -0.2) is 0 Å². The Labute approximate surface area is 59.1 Å². The van der Waals surface area contributed by atoms with Crippen LogP contribution in [0.3, 0.4) is 0 Å². The lowest BCUT2D eigenvalue weighted by molar-refractivity contribution is 0.909. The summed E-state index contributed by atoms with van der Waals surface area (Å²) >= 11 is 2.27. The van der Waals surface area contributed by atoms with E-state index >= 15 is 0 Å². The maximum absolute atomic E-state index is 2.27. The highest BCUT2D eigenvalue weighted by Gasteiger charge is 1.80. The van der Waals surface area contributed by atoms with E-state index in [2.05, 4.69) is 40.5 Å². The minimum absolute atomic E-state index is 1.25. The van der Waals surface area contributed by atoms with Gasteiger partial charge in [0.1, 0.15) is 0 Å². The first kappa shape index (κ1) is 7.47. The van der Waals surface area contributed by atoms with E-state index in [1.807, 2.05) is 0 Å². The molecule has 0 atom stereocenters. The molecule has 0 N–H and O–H groups in total. The summed E-state index contributed by atoms with van der Waals surface area (Å²) < 4.78 is 2.14. The van der Waals surface area contributed by atoms with Gasteiger partial charge in [0.15, 0.2) is 0 Å². The number of hydrogen-bond donors (Lipinski definition) is 0. The molecule has 0 rings (SSSR count). The molecule has 0 aliphatic rings. The van der Waals surface area contributed by atoms with E-state index in [0.29, 0.717) is 0 Å². The summed E-state index contributed by atoms with van der Waals surface area (Å²) in [6.45, 7) is 4.36. The first-order valence-electron chi connectivity index (χ1n) is 2.57. The van der Waals surface area contributed by atoms with Crippen LogP contribution in [0.5, 0.6) is 0 Å². The van der Waals surface area contributed by atoms with Gasteiger partial charge in [0.05, 0.1) is 0 Å². The Morgan fingerprint density at radius 3 is 2.43 bits per heavy atom. The summed E-state index contributed by atoms with van der Waals surface area (Å²) in [5.41, 5.74) is 1.49. The van der Waals surface area contributed by atoms with Gasteiger partial charge in [-0.1, -0.05) is 41.5 Å². The first-order chi connectivity index (χ1) is 3.31. The molecule has 0 amide bonds. The van der Waals surface area contributed by atoms with Crippen LogP contribution in [0, 0.1) is 0 Å². The molecule has 0 fully saturated rings. The number of hydrogen-bond acceptors (Lipinski definition) is 0. The average molecular weight is 210 g/mol. The Kier molecular flexibility index (Phi) is 4.94. The molecule has 0 aromatic carbocycles. The van der Waals surface area contributed by atoms with Gasteiger partial charge in [-0.25, -0.2) is 0 Å². The van der Waals surface area contributed by atoms with Gasteiger partial charge >= 0.3 is 0 Å². The van der Waals surface area contributed by atoms with Crippen LogP contribution in [0.4, 0.5) is 0 Å². The standard InChI is InChI=1S/C6H11I/c1-3-4-6(2)5-7/h5H,3-4H2,1-2H3. The Balaban J connectivity index is 3.17. The SMILES string of the molecule is CCCC(C)=CI. The molecule has 0 saturated carbocycles. The van der Waals surface area contributed by atoms with Gasteiger partial charge in [-0.15, -0.1) is 0 Å². The normalized spacial score (nSPS) is 12.1. The van der Waals surface area contributed by atoms with E-state index in [0.717, 1.165) is 0 Å².